The number of benzene rings is 3. The largest absolute Gasteiger partial charge is 0.497 e. The molecule has 0 aliphatic heterocycles. The molecule has 0 aliphatic rings. The van der Waals surface area contributed by atoms with Crippen molar-refractivity contribution in [2.75, 3.05) is 7.11 Å². The molecule has 0 atom stereocenters. The van der Waals surface area contributed by atoms with Gasteiger partial charge in [0.25, 0.3) is 0 Å². The zero-order valence-electron chi connectivity index (χ0n) is 18.4. The van der Waals surface area contributed by atoms with Crippen LogP contribution in [0, 0.1) is 0 Å². The summed E-state index contributed by atoms with van der Waals surface area (Å²) in [5.41, 5.74) is 5.11. The van der Waals surface area contributed by atoms with Gasteiger partial charge in [-0.3, -0.25) is 0 Å². The number of carboxylic acid groups (broad SMARTS) is 1. The first-order valence-electron chi connectivity index (χ1n) is 10.2. The normalized spacial score (nSPS) is 11.5. The second kappa shape index (κ2) is 9.52. The molecule has 31 heavy (non-hydrogen) atoms. The van der Waals surface area contributed by atoms with Crippen molar-refractivity contribution in [1.82, 2.24) is 0 Å². The zero-order chi connectivity index (χ0) is 22.4. The Balaban J connectivity index is 1.83. The van der Waals surface area contributed by atoms with E-state index in [-0.39, 0.29) is 5.41 Å². The predicted octanol–water partition coefficient (Wildman–Crippen LogP) is 6.34. The highest BCUT2D eigenvalue weighted by Crippen LogP contribution is 2.30. The van der Waals surface area contributed by atoms with Crippen LogP contribution in [0.15, 0.2) is 72.8 Å². The van der Waals surface area contributed by atoms with E-state index in [9.17, 15) is 4.79 Å². The summed E-state index contributed by atoms with van der Waals surface area (Å²) in [5.74, 6) is 0.417. The van der Waals surface area contributed by atoms with E-state index in [1.54, 1.807) is 13.2 Å². The van der Waals surface area contributed by atoms with Gasteiger partial charge in [-0.05, 0) is 58.0 Å². The lowest BCUT2D eigenvalue weighted by Gasteiger charge is -2.19. The first-order valence-corrected chi connectivity index (χ1v) is 10.2. The van der Waals surface area contributed by atoms with Gasteiger partial charge in [0.1, 0.15) is 18.1 Å². The van der Waals surface area contributed by atoms with Crippen LogP contribution in [-0.2, 0) is 16.8 Å². The fraction of sp³-hybridized carbons (Fsp3) is 0.222. The van der Waals surface area contributed by atoms with Crippen molar-refractivity contribution < 1.29 is 19.4 Å². The predicted molar refractivity (Wildman–Crippen MR) is 125 cm³/mol. The smallest absolute Gasteiger partial charge is 0.328 e. The van der Waals surface area contributed by atoms with Gasteiger partial charge in [0.05, 0.1) is 7.11 Å². The molecule has 3 aromatic rings. The van der Waals surface area contributed by atoms with Gasteiger partial charge in [0, 0.05) is 11.6 Å². The van der Waals surface area contributed by atoms with Gasteiger partial charge >= 0.3 is 5.97 Å². The maximum absolute atomic E-state index is 11.1. The first kappa shape index (κ1) is 22.2. The third kappa shape index (κ3) is 5.98. The van der Waals surface area contributed by atoms with E-state index in [0.29, 0.717) is 17.9 Å². The van der Waals surface area contributed by atoms with E-state index >= 15 is 0 Å². The number of carbonyl (C=O) groups is 1. The fourth-order valence-electron chi connectivity index (χ4n) is 3.20. The number of rotatable bonds is 7. The monoisotopic (exact) mass is 416 g/mol. The Bertz CT molecular complexity index is 1060. The molecular formula is C27H28O4. The summed E-state index contributed by atoms with van der Waals surface area (Å²) in [6.07, 6.45) is 2.69. The minimum Gasteiger partial charge on any atom is -0.497 e. The van der Waals surface area contributed by atoms with Crippen molar-refractivity contribution in [3.63, 3.8) is 0 Å². The van der Waals surface area contributed by atoms with Crippen LogP contribution in [0.3, 0.4) is 0 Å². The van der Waals surface area contributed by atoms with E-state index in [2.05, 4.69) is 45.0 Å². The molecule has 0 heterocycles. The molecule has 160 valence electrons. The topological polar surface area (TPSA) is 55.8 Å². The van der Waals surface area contributed by atoms with Crippen molar-refractivity contribution in [3.8, 4) is 22.6 Å². The maximum atomic E-state index is 11.1. The lowest BCUT2D eigenvalue weighted by atomic mass is 9.87. The van der Waals surface area contributed by atoms with Gasteiger partial charge in [-0.15, -0.1) is 0 Å². The standard InChI is InChI=1S/C27H28O4/c1-27(2,3)23-11-5-19(6-12-23)18-31-25-15-9-21(17-22(25)10-16-26(28)29)20-7-13-24(30-4)14-8-20/h5-17H,18H2,1-4H3,(H,28,29)/b16-10+. The van der Waals surface area contributed by atoms with Gasteiger partial charge in [0.2, 0.25) is 0 Å². The highest BCUT2D eigenvalue weighted by Gasteiger charge is 2.13. The lowest BCUT2D eigenvalue weighted by Crippen LogP contribution is -2.10. The molecule has 0 spiro atoms. The van der Waals surface area contributed by atoms with Crippen molar-refractivity contribution in [2.45, 2.75) is 32.8 Å². The molecule has 4 heteroatoms. The third-order valence-electron chi connectivity index (χ3n) is 5.05. The van der Waals surface area contributed by atoms with Crippen LogP contribution in [-0.4, -0.2) is 18.2 Å². The molecule has 0 aliphatic carbocycles. The van der Waals surface area contributed by atoms with Crippen LogP contribution < -0.4 is 9.47 Å². The van der Waals surface area contributed by atoms with E-state index in [1.165, 1.54) is 5.56 Å². The number of carboxylic acids is 1. The number of methoxy groups -OCH3 is 1. The second-order valence-electron chi connectivity index (χ2n) is 8.39. The Morgan fingerprint density at radius 3 is 2.16 bits per heavy atom. The Morgan fingerprint density at radius 2 is 1.58 bits per heavy atom. The summed E-state index contributed by atoms with van der Waals surface area (Å²) >= 11 is 0. The number of hydrogen-bond donors (Lipinski definition) is 1. The maximum Gasteiger partial charge on any atom is 0.328 e. The van der Waals surface area contributed by atoms with E-state index in [1.807, 2.05) is 42.5 Å². The fourth-order valence-corrected chi connectivity index (χ4v) is 3.20. The van der Waals surface area contributed by atoms with Crippen LogP contribution >= 0.6 is 0 Å². The van der Waals surface area contributed by atoms with Crippen LogP contribution in [0.4, 0.5) is 0 Å². The minimum absolute atomic E-state index is 0.103. The highest BCUT2D eigenvalue weighted by atomic mass is 16.5. The molecule has 3 rings (SSSR count). The molecule has 0 amide bonds. The summed E-state index contributed by atoms with van der Waals surface area (Å²) in [5, 5.41) is 9.07. The van der Waals surface area contributed by atoms with Crippen molar-refractivity contribution in [1.29, 1.82) is 0 Å². The third-order valence-corrected chi connectivity index (χ3v) is 5.05. The number of hydrogen-bond acceptors (Lipinski definition) is 3. The molecule has 0 fully saturated rings. The molecule has 1 N–H and O–H groups in total. The highest BCUT2D eigenvalue weighted by molar-refractivity contribution is 5.86. The molecule has 0 saturated carbocycles. The lowest BCUT2D eigenvalue weighted by molar-refractivity contribution is -0.131. The van der Waals surface area contributed by atoms with E-state index < -0.39 is 5.97 Å². The summed E-state index contributed by atoms with van der Waals surface area (Å²) in [7, 11) is 1.63. The molecule has 0 unspecified atom stereocenters. The van der Waals surface area contributed by atoms with Crippen LogP contribution in [0.5, 0.6) is 11.5 Å². The molecule has 0 aromatic heterocycles. The molecule has 4 nitrogen and oxygen atoms in total. The zero-order valence-corrected chi connectivity index (χ0v) is 18.4. The molecule has 0 saturated heterocycles. The Kier molecular flexibility index (Phi) is 6.81. The second-order valence-corrected chi connectivity index (χ2v) is 8.39. The average molecular weight is 417 g/mol. The van der Waals surface area contributed by atoms with E-state index in [0.717, 1.165) is 28.5 Å². The molecular weight excluding hydrogens is 388 g/mol. The number of ether oxygens (including phenoxy) is 2. The van der Waals surface area contributed by atoms with Crippen molar-refractivity contribution >= 4 is 12.0 Å². The molecule has 0 bridgehead atoms. The SMILES string of the molecule is COc1ccc(-c2ccc(OCc3ccc(C(C)(C)C)cc3)c(/C=C/C(=O)O)c2)cc1. The summed E-state index contributed by atoms with van der Waals surface area (Å²) in [6, 6.07) is 21.9. The minimum atomic E-state index is -1.00. The van der Waals surface area contributed by atoms with Crippen molar-refractivity contribution in [2.24, 2.45) is 0 Å². The number of aliphatic carboxylic acids is 1. The molecule has 0 radical (unpaired) electrons. The Hall–Kier alpha value is -3.53. The quantitative estimate of drug-likeness (QED) is 0.457. The van der Waals surface area contributed by atoms with Gasteiger partial charge in [0.15, 0.2) is 0 Å². The Morgan fingerprint density at radius 1 is 0.935 bits per heavy atom. The molecule has 3 aromatic carbocycles. The summed E-state index contributed by atoms with van der Waals surface area (Å²) in [4.78, 5) is 11.1. The van der Waals surface area contributed by atoms with Crippen LogP contribution in [0.25, 0.3) is 17.2 Å². The van der Waals surface area contributed by atoms with Crippen molar-refractivity contribution in [3.05, 3.63) is 89.5 Å². The summed E-state index contributed by atoms with van der Waals surface area (Å²) in [6.45, 7) is 6.96. The average Bonchev–Trinajstić information content (AvgIpc) is 2.76. The first-order chi connectivity index (χ1) is 14.8. The van der Waals surface area contributed by atoms with Gasteiger partial charge in [-0.25, -0.2) is 4.79 Å². The van der Waals surface area contributed by atoms with E-state index in [4.69, 9.17) is 14.6 Å². The van der Waals surface area contributed by atoms with Gasteiger partial charge in [-0.1, -0.05) is 63.2 Å². The van der Waals surface area contributed by atoms with Crippen LogP contribution in [0.2, 0.25) is 0 Å². The Labute approximate surface area is 183 Å². The summed E-state index contributed by atoms with van der Waals surface area (Å²) < 4.78 is 11.3. The van der Waals surface area contributed by atoms with Crippen LogP contribution in [0.1, 0.15) is 37.5 Å². The van der Waals surface area contributed by atoms with Gasteiger partial charge in [-0.2, -0.15) is 0 Å². The van der Waals surface area contributed by atoms with Gasteiger partial charge < -0.3 is 14.6 Å².